The van der Waals surface area contributed by atoms with Crippen molar-refractivity contribution in [1.82, 2.24) is 4.72 Å². The number of aliphatic hydroxyl groups is 1. The van der Waals surface area contributed by atoms with E-state index in [2.05, 4.69) is 4.72 Å². The van der Waals surface area contributed by atoms with E-state index in [9.17, 15) is 12.8 Å². The van der Waals surface area contributed by atoms with Gasteiger partial charge in [0.2, 0.25) is 10.0 Å². The lowest BCUT2D eigenvalue weighted by atomic mass is 10.0. The first kappa shape index (κ1) is 16.7. The van der Waals surface area contributed by atoms with E-state index < -0.39 is 21.4 Å². The molecule has 1 unspecified atom stereocenters. The van der Waals surface area contributed by atoms with Crippen molar-refractivity contribution in [2.75, 3.05) is 31.3 Å². The lowest BCUT2D eigenvalue weighted by Crippen LogP contribution is -2.45. The van der Waals surface area contributed by atoms with Crippen LogP contribution in [-0.2, 0) is 14.8 Å². The normalized spacial score (nSPS) is 22.6. The molecule has 21 heavy (non-hydrogen) atoms. The Bertz CT molecular complexity index is 573. The van der Waals surface area contributed by atoms with Crippen LogP contribution in [0.1, 0.15) is 6.42 Å². The molecule has 0 amide bonds. The van der Waals surface area contributed by atoms with Crippen molar-refractivity contribution in [1.29, 1.82) is 0 Å². The zero-order valence-corrected chi connectivity index (χ0v) is 13.1. The Morgan fingerprint density at radius 1 is 1.43 bits per heavy atom. The molecule has 5 nitrogen and oxygen atoms in total. The van der Waals surface area contributed by atoms with E-state index in [-0.39, 0.29) is 24.7 Å². The van der Waals surface area contributed by atoms with Gasteiger partial charge in [-0.25, -0.2) is 17.5 Å². The summed E-state index contributed by atoms with van der Waals surface area (Å²) in [6.07, 6.45) is 0.692. The summed E-state index contributed by atoms with van der Waals surface area (Å²) in [7, 11) is -3.92. The highest BCUT2D eigenvalue weighted by atomic mass is 32.2. The smallest absolute Gasteiger partial charge is 0.243 e. The maximum Gasteiger partial charge on any atom is 0.243 e. The van der Waals surface area contributed by atoms with Gasteiger partial charge in [0.15, 0.2) is 0 Å². The van der Waals surface area contributed by atoms with E-state index in [1.165, 1.54) is 18.2 Å². The predicted octanol–water partition coefficient (Wildman–Crippen LogP) is 0.989. The van der Waals surface area contributed by atoms with Gasteiger partial charge in [-0.15, -0.1) is 0 Å². The number of benzene rings is 1. The molecule has 2 N–H and O–H groups in total. The Hall–Kier alpha value is -0.670. The summed E-state index contributed by atoms with van der Waals surface area (Å²) in [5.41, 5.74) is -0.633. The number of hydrogen-bond acceptors (Lipinski definition) is 5. The average Bonchev–Trinajstić information content (AvgIpc) is 2.93. The molecule has 0 radical (unpaired) electrons. The number of hydrogen-bond donors (Lipinski definition) is 2. The minimum absolute atomic E-state index is 0.0661. The fourth-order valence-electron chi connectivity index (χ4n) is 2.12. The fraction of sp³-hybridized carbons (Fsp3) is 0.538. The third-order valence-corrected chi connectivity index (χ3v) is 5.93. The summed E-state index contributed by atoms with van der Waals surface area (Å²) in [6, 6.07) is 5.25. The highest BCUT2D eigenvalue weighted by Crippen LogP contribution is 2.31. The number of halogens is 1. The maximum absolute atomic E-state index is 13.6. The minimum atomic E-state index is -3.92. The van der Waals surface area contributed by atoms with E-state index >= 15 is 0 Å². The van der Waals surface area contributed by atoms with Gasteiger partial charge in [0, 0.05) is 12.3 Å². The Morgan fingerprint density at radius 2 is 2.19 bits per heavy atom. The zero-order chi connectivity index (χ0) is 15.3. The van der Waals surface area contributed by atoms with Crippen LogP contribution in [0.2, 0.25) is 0 Å². The van der Waals surface area contributed by atoms with Crippen molar-refractivity contribution in [3.8, 4) is 0 Å². The molecular weight excluding hydrogens is 317 g/mol. The first-order chi connectivity index (χ1) is 9.99. The molecule has 118 valence electrons. The van der Waals surface area contributed by atoms with Crippen molar-refractivity contribution in [3.63, 3.8) is 0 Å². The highest BCUT2D eigenvalue weighted by molar-refractivity contribution is 7.99. The number of nitrogens with one attached hydrogen (secondary N) is 1. The minimum Gasteiger partial charge on any atom is -0.394 e. The molecular formula is C13H18FNO4S2. The molecule has 0 aliphatic carbocycles. The van der Waals surface area contributed by atoms with Gasteiger partial charge in [0.05, 0.1) is 18.8 Å². The molecule has 0 spiro atoms. The summed E-state index contributed by atoms with van der Waals surface area (Å²) >= 11 is 1.67. The lowest BCUT2D eigenvalue weighted by molar-refractivity contribution is -0.0358. The lowest BCUT2D eigenvalue weighted by Gasteiger charge is -2.28. The van der Waals surface area contributed by atoms with Crippen LogP contribution in [-0.4, -0.2) is 50.4 Å². The van der Waals surface area contributed by atoms with Crippen molar-refractivity contribution < 1.29 is 22.7 Å². The molecule has 0 bridgehead atoms. The summed E-state index contributed by atoms with van der Waals surface area (Å²) < 4.78 is 46.0. The highest BCUT2D eigenvalue weighted by Gasteiger charge is 2.36. The van der Waals surface area contributed by atoms with Crippen LogP contribution in [0.5, 0.6) is 0 Å². The van der Waals surface area contributed by atoms with Gasteiger partial charge in [0.1, 0.15) is 10.7 Å². The number of rotatable bonds is 7. The molecule has 1 aliphatic rings. The molecule has 1 aromatic carbocycles. The molecule has 0 aromatic heterocycles. The van der Waals surface area contributed by atoms with E-state index in [1.54, 1.807) is 11.8 Å². The second kappa shape index (κ2) is 7.06. The largest absolute Gasteiger partial charge is 0.394 e. The molecule has 1 fully saturated rings. The molecule has 0 saturated carbocycles. The van der Waals surface area contributed by atoms with Gasteiger partial charge in [0.25, 0.3) is 0 Å². The van der Waals surface area contributed by atoms with Gasteiger partial charge >= 0.3 is 0 Å². The Balaban J connectivity index is 2.08. The van der Waals surface area contributed by atoms with Gasteiger partial charge < -0.3 is 9.84 Å². The second-order valence-electron chi connectivity index (χ2n) is 4.81. The van der Waals surface area contributed by atoms with Gasteiger partial charge in [-0.3, -0.25) is 0 Å². The fourth-order valence-corrected chi connectivity index (χ4v) is 4.68. The third kappa shape index (κ3) is 4.17. The molecule has 1 aliphatic heterocycles. The zero-order valence-electron chi connectivity index (χ0n) is 11.4. The molecule has 1 aromatic rings. The van der Waals surface area contributed by atoms with E-state index in [0.717, 1.165) is 11.8 Å². The van der Waals surface area contributed by atoms with E-state index in [0.29, 0.717) is 12.2 Å². The Kier molecular flexibility index (Phi) is 5.61. The first-order valence-corrected chi connectivity index (χ1v) is 9.20. The van der Waals surface area contributed by atoms with Gasteiger partial charge in [-0.2, -0.15) is 11.8 Å². The molecule has 1 atom stereocenters. The number of sulfonamides is 1. The topological polar surface area (TPSA) is 75.6 Å². The monoisotopic (exact) mass is 335 g/mol. The van der Waals surface area contributed by atoms with Crippen molar-refractivity contribution in [3.05, 3.63) is 30.1 Å². The molecule has 1 heterocycles. The van der Waals surface area contributed by atoms with Crippen LogP contribution >= 0.6 is 11.8 Å². The van der Waals surface area contributed by atoms with Gasteiger partial charge in [-0.1, -0.05) is 12.1 Å². The van der Waals surface area contributed by atoms with Crippen molar-refractivity contribution >= 4 is 21.8 Å². The second-order valence-corrected chi connectivity index (χ2v) is 7.65. The van der Waals surface area contributed by atoms with E-state index in [4.69, 9.17) is 9.84 Å². The van der Waals surface area contributed by atoms with Crippen LogP contribution in [0.4, 0.5) is 4.39 Å². The van der Waals surface area contributed by atoms with Crippen molar-refractivity contribution in [2.45, 2.75) is 16.9 Å². The Morgan fingerprint density at radius 3 is 2.81 bits per heavy atom. The quantitative estimate of drug-likeness (QED) is 0.777. The van der Waals surface area contributed by atoms with Crippen LogP contribution < -0.4 is 4.72 Å². The predicted molar refractivity (Wildman–Crippen MR) is 79.3 cm³/mol. The summed E-state index contributed by atoms with van der Waals surface area (Å²) in [5.74, 6) is 0.732. The standard InChI is InChI=1S/C13H18FNO4S2/c14-11-3-1-2-4-12(11)21(17,18)15-9-13(19-7-6-16)5-8-20-10-13/h1-4,15-16H,5-10H2. The van der Waals surface area contributed by atoms with Crippen LogP contribution in [0.15, 0.2) is 29.2 Å². The number of thioether (sulfide) groups is 1. The Labute approximate surface area is 127 Å². The molecule has 1 saturated heterocycles. The van der Waals surface area contributed by atoms with Crippen LogP contribution in [0.3, 0.4) is 0 Å². The summed E-state index contributed by atoms with van der Waals surface area (Å²) in [4.78, 5) is -0.368. The summed E-state index contributed by atoms with van der Waals surface area (Å²) in [5, 5.41) is 8.86. The third-order valence-electron chi connectivity index (χ3n) is 3.28. The number of aliphatic hydroxyl groups excluding tert-OH is 1. The summed E-state index contributed by atoms with van der Waals surface area (Å²) in [6.45, 7) is 0.102. The molecule has 2 rings (SSSR count). The maximum atomic E-state index is 13.6. The average molecular weight is 335 g/mol. The van der Waals surface area contributed by atoms with E-state index in [1.807, 2.05) is 0 Å². The van der Waals surface area contributed by atoms with Gasteiger partial charge in [-0.05, 0) is 24.3 Å². The first-order valence-electron chi connectivity index (χ1n) is 6.56. The van der Waals surface area contributed by atoms with Crippen LogP contribution in [0, 0.1) is 5.82 Å². The van der Waals surface area contributed by atoms with Crippen molar-refractivity contribution in [2.24, 2.45) is 0 Å². The number of ether oxygens (including phenoxy) is 1. The van der Waals surface area contributed by atoms with Crippen LogP contribution in [0.25, 0.3) is 0 Å². The SMILES string of the molecule is O=S(=O)(NCC1(OCCO)CCSC1)c1ccccc1F. The molecule has 8 heteroatoms.